The quantitative estimate of drug-likeness (QED) is 0.453. The first-order chi connectivity index (χ1) is 9.49. The van der Waals surface area contributed by atoms with Crippen molar-refractivity contribution < 1.29 is 9.85 Å². The van der Waals surface area contributed by atoms with Gasteiger partial charge < -0.3 is 0 Å². The van der Waals surface area contributed by atoms with Crippen molar-refractivity contribution in [3.8, 4) is 0 Å². The molecular weight excluding hydrogens is 348 g/mol. The predicted octanol–water partition coefficient (Wildman–Crippen LogP) is 4.30. The average molecular weight is 361 g/mol. The van der Waals surface area contributed by atoms with Gasteiger partial charge in [0, 0.05) is 16.1 Å². The first kappa shape index (κ1) is 15.2. The number of alkyl halides is 1. The van der Waals surface area contributed by atoms with Crippen LogP contribution < -0.4 is 0 Å². The topological polar surface area (TPSA) is 86.3 Å². The van der Waals surface area contributed by atoms with Gasteiger partial charge in [-0.2, -0.15) is 0 Å². The molecule has 1 saturated carbocycles. The molecule has 2 rings (SSSR count). The summed E-state index contributed by atoms with van der Waals surface area (Å²) in [5.41, 5.74) is -0.436. The van der Waals surface area contributed by atoms with Gasteiger partial charge in [-0.1, -0.05) is 28.8 Å². The van der Waals surface area contributed by atoms with Crippen LogP contribution in [0.25, 0.3) is 0 Å². The standard InChI is InChI=1S/C12H13BrN2O4S/c13-9-3-1-2-4-11(9)20-12-6-5-8(14(16)17)7-10(12)15(18)19/h5-7,9,11H,1-4H2. The molecule has 0 aromatic heterocycles. The van der Waals surface area contributed by atoms with Crippen LogP contribution in [-0.4, -0.2) is 19.9 Å². The summed E-state index contributed by atoms with van der Waals surface area (Å²) in [6.07, 6.45) is 4.32. The van der Waals surface area contributed by atoms with E-state index in [4.69, 9.17) is 0 Å². The number of thioether (sulfide) groups is 1. The highest BCUT2D eigenvalue weighted by Gasteiger charge is 2.27. The van der Waals surface area contributed by atoms with Crippen molar-refractivity contribution in [3.05, 3.63) is 38.4 Å². The third kappa shape index (κ3) is 3.49. The number of nitrogens with zero attached hydrogens (tertiary/aromatic N) is 2. The van der Waals surface area contributed by atoms with E-state index in [9.17, 15) is 20.2 Å². The summed E-state index contributed by atoms with van der Waals surface area (Å²) in [5, 5.41) is 22.0. The van der Waals surface area contributed by atoms with Crippen molar-refractivity contribution in [2.45, 2.75) is 40.7 Å². The normalized spacial score (nSPS) is 22.4. The number of hydrogen-bond acceptors (Lipinski definition) is 5. The molecule has 20 heavy (non-hydrogen) atoms. The van der Waals surface area contributed by atoms with Gasteiger partial charge in [-0.3, -0.25) is 20.2 Å². The lowest BCUT2D eigenvalue weighted by Gasteiger charge is -2.26. The lowest BCUT2D eigenvalue weighted by Crippen LogP contribution is -2.21. The van der Waals surface area contributed by atoms with Crippen LogP contribution in [0.2, 0.25) is 0 Å². The Morgan fingerprint density at radius 2 is 1.85 bits per heavy atom. The Morgan fingerprint density at radius 1 is 1.15 bits per heavy atom. The van der Waals surface area contributed by atoms with Crippen LogP contribution in [0, 0.1) is 20.2 Å². The number of benzene rings is 1. The lowest BCUT2D eigenvalue weighted by molar-refractivity contribution is -0.396. The second kappa shape index (κ2) is 6.53. The van der Waals surface area contributed by atoms with E-state index >= 15 is 0 Å². The Balaban J connectivity index is 2.26. The van der Waals surface area contributed by atoms with E-state index in [0.717, 1.165) is 31.7 Å². The molecule has 0 aliphatic heterocycles. The molecule has 0 spiro atoms. The maximum absolute atomic E-state index is 11.1. The zero-order valence-electron chi connectivity index (χ0n) is 10.5. The molecule has 0 bridgehead atoms. The third-order valence-electron chi connectivity index (χ3n) is 3.25. The first-order valence-corrected chi connectivity index (χ1v) is 8.02. The fraction of sp³-hybridized carbons (Fsp3) is 0.500. The summed E-state index contributed by atoms with van der Waals surface area (Å²) in [6, 6.07) is 3.84. The van der Waals surface area contributed by atoms with E-state index in [1.54, 1.807) is 0 Å². The van der Waals surface area contributed by atoms with Crippen LogP contribution in [0.4, 0.5) is 11.4 Å². The number of rotatable bonds is 4. The second-order valence-electron chi connectivity index (χ2n) is 4.62. The Labute approximate surface area is 128 Å². The molecule has 2 atom stereocenters. The van der Waals surface area contributed by atoms with Crippen molar-refractivity contribution in [1.82, 2.24) is 0 Å². The summed E-state index contributed by atoms with van der Waals surface area (Å²) < 4.78 is 0. The molecule has 2 unspecified atom stereocenters. The highest BCUT2D eigenvalue weighted by molar-refractivity contribution is 9.09. The van der Waals surface area contributed by atoms with Crippen LogP contribution in [0.3, 0.4) is 0 Å². The van der Waals surface area contributed by atoms with Crippen LogP contribution in [0.1, 0.15) is 25.7 Å². The van der Waals surface area contributed by atoms with E-state index in [1.807, 2.05) is 0 Å². The smallest absolute Gasteiger partial charge is 0.258 e. The van der Waals surface area contributed by atoms with Gasteiger partial charge >= 0.3 is 0 Å². The van der Waals surface area contributed by atoms with Crippen molar-refractivity contribution in [1.29, 1.82) is 0 Å². The van der Waals surface area contributed by atoms with Crippen LogP contribution >= 0.6 is 27.7 Å². The van der Waals surface area contributed by atoms with Gasteiger partial charge in [0.25, 0.3) is 11.4 Å². The molecule has 0 heterocycles. The molecule has 0 radical (unpaired) electrons. The Bertz CT molecular complexity index is 540. The van der Waals surface area contributed by atoms with Gasteiger partial charge in [-0.15, -0.1) is 11.8 Å². The lowest BCUT2D eigenvalue weighted by atomic mass is 10.0. The number of halogens is 1. The van der Waals surface area contributed by atoms with Gasteiger partial charge in [0.05, 0.1) is 20.8 Å². The monoisotopic (exact) mass is 360 g/mol. The Hall–Kier alpha value is -1.15. The number of hydrogen-bond donors (Lipinski definition) is 0. The number of nitro groups is 2. The number of non-ortho nitro benzene ring substituents is 1. The molecule has 0 saturated heterocycles. The molecule has 6 nitrogen and oxygen atoms in total. The van der Waals surface area contributed by atoms with Crippen LogP contribution in [0.5, 0.6) is 0 Å². The molecule has 0 amide bonds. The highest BCUT2D eigenvalue weighted by atomic mass is 79.9. The molecule has 8 heteroatoms. The summed E-state index contributed by atoms with van der Waals surface area (Å²) in [7, 11) is 0. The minimum Gasteiger partial charge on any atom is -0.258 e. The first-order valence-electron chi connectivity index (χ1n) is 6.22. The molecule has 108 valence electrons. The minimum absolute atomic E-state index is 0.186. The molecule has 0 N–H and O–H groups in total. The van der Waals surface area contributed by atoms with Gasteiger partial charge in [0.1, 0.15) is 0 Å². The summed E-state index contributed by atoms with van der Waals surface area (Å²) >= 11 is 5.05. The van der Waals surface area contributed by atoms with Gasteiger partial charge in [0.15, 0.2) is 0 Å². The zero-order valence-corrected chi connectivity index (χ0v) is 12.9. The van der Waals surface area contributed by atoms with E-state index in [0.29, 0.717) is 9.72 Å². The predicted molar refractivity (Wildman–Crippen MR) is 80.6 cm³/mol. The maximum Gasteiger partial charge on any atom is 0.289 e. The fourth-order valence-electron chi connectivity index (χ4n) is 2.21. The molecular formula is C12H13BrN2O4S. The van der Waals surface area contributed by atoms with Crippen LogP contribution in [-0.2, 0) is 0 Å². The van der Waals surface area contributed by atoms with Crippen molar-refractivity contribution in [2.24, 2.45) is 0 Å². The molecule has 1 aliphatic carbocycles. The average Bonchev–Trinajstić information content (AvgIpc) is 2.41. The fourth-order valence-corrected chi connectivity index (χ4v) is 4.42. The Kier molecular flexibility index (Phi) is 4.98. The minimum atomic E-state index is -0.616. The Morgan fingerprint density at radius 3 is 2.45 bits per heavy atom. The summed E-state index contributed by atoms with van der Waals surface area (Å²) in [6.45, 7) is 0. The summed E-state index contributed by atoms with van der Waals surface area (Å²) in [4.78, 5) is 21.4. The van der Waals surface area contributed by atoms with E-state index in [2.05, 4.69) is 15.9 Å². The SMILES string of the molecule is O=[N+]([O-])c1ccc(SC2CCCCC2Br)c([N+](=O)[O-])c1. The molecule has 1 aromatic carbocycles. The van der Waals surface area contributed by atoms with Crippen molar-refractivity contribution >= 4 is 39.1 Å². The van der Waals surface area contributed by atoms with Gasteiger partial charge in [0.2, 0.25) is 0 Å². The van der Waals surface area contributed by atoms with E-state index in [1.165, 1.54) is 23.9 Å². The van der Waals surface area contributed by atoms with E-state index < -0.39 is 9.85 Å². The van der Waals surface area contributed by atoms with Crippen molar-refractivity contribution in [2.75, 3.05) is 0 Å². The third-order valence-corrected chi connectivity index (χ3v) is 6.16. The number of nitro benzene ring substituents is 2. The van der Waals surface area contributed by atoms with Crippen LogP contribution in [0.15, 0.2) is 23.1 Å². The zero-order chi connectivity index (χ0) is 14.7. The summed E-state index contributed by atoms with van der Waals surface area (Å²) in [5.74, 6) is 0. The van der Waals surface area contributed by atoms with E-state index in [-0.39, 0.29) is 16.6 Å². The largest absolute Gasteiger partial charge is 0.289 e. The van der Waals surface area contributed by atoms with Gasteiger partial charge in [-0.05, 0) is 18.9 Å². The molecule has 1 fully saturated rings. The second-order valence-corrected chi connectivity index (χ2v) is 7.08. The van der Waals surface area contributed by atoms with Gasteiger partial charge in [-0.25, -0.2) is 0 Å². The highest BCUT2D eigenvalue weighted by Crippen LogP contribution is 2.41. The molecule has 1 aromatic rings. The molecule has 1 aliphatic rings. The maximum atomic E-state index is 11.1. The van der Waals surface area contributed by atoms with Crippen molar-refractivity contribution in [3.63, 3.8) is 0 Å².